The molecular formula is C15H12Cl4O2. The lowest BCUT2D eigenvalue weighted by Crippen LogP contribution is -2.23. The van der Waals surface area contributed by atoms with Crippen molar-refractivity contribution >= 4 is 46.4 Å². The third kappa shape index (κ3) is 4.58. The summed E-state index contributed by atoms with van der Waals surface area (Å²) in [6.07, 6.45) is -0.755. The second-order valence-electron chi connectivity index (χ2n) is 4.27. The van der Waals surface area contributed by atoms with Crippen LogP contribution in [0.4, 0.5) is 0 Å². The predicted octanol–water partition coefficient (Wildman–Crippen LogP) is 5.84. The van der Waals surface area contributed by atoms with Crippen molar-refractivity contribution in [2.75, 3.05) is 7.11 Å². The summed E-state index contributed by atoms with van der Waals surface area (Å²) in [6.45, 7) is 0. The highest BCUT2D eigenvalue weighted by Gasteiger charge is 2.36. The van der Waals surface area contributed by atoms with Crippen molar-refractivity contribution in [3.05, 3.63) is 59.1 Å². The molecule has 1 unspecified atom stereocenters. The van der Waals surface area contributed by atoms with Gasteiger partial charge in [0.2, 0.25) is 3.79 Å². The molecule has 21 heavy (non-hydrogen) atoms. The maximum absolute atomic E-state index is 6.04. The van der Waals surface area contributed by atoms with E-state index in [2.05, 4.69) is 0 Å². The van der Waals surface area contributed by atoms with Crippen LogP contribution in [0.15, 0.2) is 48.5 Å². The minimum atomic E-state index is -1.62. The molecule has 2 rings (SSSR count). The van der Waals surface area contributed by atoms with Gasteiger partial charge in [-0.05, 0) is 42.0 Å². The highest BCUT2D eigenvalue weighted by Crippen LogP contribution is 2.43. The first kappa shape index (κ1) is 16.6. The first-order valence-electron chi connectivity index (χ1n) is 6.03. The average Bonchev–Trinajstić information content (AvgIpc) is 2.45. The number of hydrogen-bond acceptors (Lipinski definition) is 2. The summed E-state index contributed by atoms with van der Waals surface area (Å²) in [7, 11) is 1.59. The van der Waals surface area contributed by atoms with E-state index in [4.69, 9.17) is 55.9 Å². The van der Waals surface area contributed by atoms with Crippen molar-refractivity contribution in [1.82, 2.24) is 0 Å². The third-order valence-electron chi connectivity index (χ3n) is 2.78. The van der Waals surface area contributed by atoms with E-state index in [1.807, 2.05) is 0 Å². The number of alkyl halides is 3. The Bertz CT molecular complexity index is 576. The van der Waals surface area contributed by atoms with Crippen molar-refractivity contribution in [2.45, 2.75) is 9.90 Å². The van der Waals surface area contributed by atoms with Gasteiger partial charge in [-0.15, -0.1) is 0 Å². The molecule has 112 valence electrons. The lowest BCUT2D eigenvalue weighted by molar-refractivity contribution is 0.210. The summed E-state index contributed by atoms with van der Waals surface area (Å²) in [5.41, 5.74) is 0.728. The first-order valence-corrected chi connectivity index (χ1v) is 7.54. The van der Waals surface area contributed by atoms with E-state index in [1.54, 1.807) is 55.6 Å². The third-order valence-corrected chi connectivity index (χ3v) is 3.63. The molecule has 0 radical (unpaired) electrons. The number of rotatable bonds is 4. The molecule has 0 fully saturated rings. The lowest BCUT2D eigenvalue weighted by atomic mass is 10.1. The van der Waals surface area contributed by atoms with Crippen molar-refractivity contribution < 1.29 is 9.47 Å². The van der Waals surface area contributed by atoms with Crippen molar-refractivity contribution in [2.24, 2.45) is 0 Å². The molecule has 2 aromatic rings. The zero-order chi connectivity index (χ0) is 15.5. The topological polar surface area (TPSA) is 18.5 Å². The highest BCUT2D eigenvalue weighted by molar-refractivity contribution is 6.68. The maximum atomic E-state index is 6.04. The van der Waals surface area contributed by atoms with Crippen molar-refractivity contribution in [1.29, 1.82) is 0 Å². The number of halogens is 4. The van der Waals surface area contributed by atoms with Crippen LogP contribution in [0.3, 0.4) is 0 Å². The van der Waals surface area contributed by atoms with Crippen LogP contribution in [0, 0.1) is 0 Å². The predicted molar refractivity (Wildman–Crippen MR) is 88.1 cm³/mol. The van der Waals surface area contributed by atoms with Crippen LogP contribution >= 0.6 is 46.4 Å². The van der Waals surface area contributed by atoms with Crippen LogP contribution in [-0.2, 0) is 0 Å². The Kier molecular flexibility index (Phi) is 5.50. The van der Waals surface area contributed by atoms with Gasteiger partial charge in [-0.2, -0.15) is 0 Å². The van der Waals surface area contributed by atoms with Crippen LogP contribution in [0.25, 0.3) is 0 Å². The van der Waals surface area contributed by atoms with Gasteiger partial charge in [0.15, 0.2) is 6.10 Å². The Hall–Kier alpha value is -0.800. The van der Waals surface area contributed by atoms with Gasteiger partial charge in [-0.1, -0.05) is 58.5 Å². The van der Waals surface area contributed by atoms with Crippen LogP contribution in [0.2, 0.25) is 5.02 Å². The molecule has 0 amide bonds. The molecule has 2 nitrogen and oxygen atoms in total. The second-order valence-corrected chi connectivity index (χ2v) is 7.07. The zero-order valence-corrected chi connectivity index (χ0v) is 14.0. The normalized spacial score (nSPS) is 12.8. The largest absolute Gasteiger partial charge is 0.497 e. The summed E-state index contributed by atoms with van der Waals surface area (Å²) in [6, 6.07) is 14.0. The minimum absolute atomic E-state index is 0.562. The summed E-state index contributed by atoms with van der Waals surface area (Å²) in [5.74, 6) is 1.28. The van der Waals surface area contributed by atoms with E-state index in [0.717, 1.165) is 5.56 Å². The standard InChI is InChI=1S/C15H12Cl4O2/c1-20-12-6-2-10(3-7-12)14(15(17,18)19)21-13-8-4-11(16)5-9-13/h2-9,14H,1H3. The molecule has 0 aliphatic rings. The SMILES string of the molecule is COc1ccc(C(Oc2ccc(Cl)cc2)C(Cl)(Cl)Cl)cc1. The molecule has 6 heteroatoms. The molecular weight excluding hydrogens is 354 g/mol. The van der Waals surface area contributed by atoms with E-state index in [1.165, 1.54) is 0 Å². The molecule has 1 atom stereocenters. The summed E-state index contributed by atoms with van der Waals surface area (Å²) >= 11 is 24.0. The fourth-order valence-electron chi connectivity index (χ4n) is 1.75. The van der Waals surface area contributed by atoms with E-state index in [9.17, 15) is 0 Å². The molecule has 0 aliphatic heterocycles. The Morgan fingerprint density at radius 3 is 1.86 bits per heavy atom. The maximum Gasteiger partial charge on any atom is 0.230 e. The Morgan fingerprint density at radius 1 is 0.857 bits per heavy atom. The molecule has 0 saturated heterocycles. The molecule has 0 bridgehead atoms. The van der Waals surface area contributed by atoms with Gasteiger partial charge < -0.3 is 9.47 Å². The van der Waals surface area contributed by atoms with E-state index >= 15 is 0 Å². The molecule has 0 spiro atoms. The van der Waals surface area contributed by atoms with Crippen molar-refractivity contribution in [3.63, 3.8) is 0 Å². The Morgan fingerprint density at radius 2 is 1.38 bits per heavy atom. The average molecular weight is 366 g/mol. The van der Waals surface area contributed by atoms with Gasteiger partial charge in [0.05, 0.1) is 7.11 Å². The number of benzene rings is 2. The molecule has 2 aromatic carbocycles. The highest BCUT2D eigenvalue weighted by atomic mass is 35.6. The van der Waals surface area contributed by atoms with E-state index < -0.39 is 9.90 Å². The molecule has 0 aromatic heterocycles. The molecule has 0 N–H and O–H groups in total. The van der Waals surface area contributed by atoms with Gasteiger partial charge in [0.25, 0.3) is 0 Å². The monoisotopic (exact) mass is 364 g/mol. The van der Waals surface area contributed by atoms with Gasteiger partial charge in [0.1, 0.15) is 11.5 Å². The fraction of sp³-hybridized carbons (Fsp3) is 0.200. The Labute approximate surface area is 143 Å². The molecule has 0 heterocycles. The molecule has 0 aliphatic carbocycles. The lowest BCUT2D eigenvalue weighted by Gasteiger charge is -2.26. The fourth-order valence-corrected chi connectivity index (χ4v) is 2.39. The smallest absolute Gasteiger partial charge is 0.230 e. The van der Waals surface area contributed by atoms with Gasteiger partial charge in [0, 0.05) is 5.02 Å². The summed E-state index contributed by atoms with van der Waals surface area (Å²) in [5, 5.41) is 0.609. The van der Waals surface area contributed by atoms with Crippen LogP contribution in [-0.4, -0.2) is 10.9 Å². The minimum Gasteiger partial charge on any atom is -0.497 e. The Balaban J connectivity index is 2.27. The number of methoxy groups -OCH3 is 1. The number of ether oxygens (including phenoxy) is 2. The summed E-state index contributed by atoms with van der Waals surface area (Å²) < 4.78 is 9.29. The van der Waals surface area contributed by atoms with E-state index in [0.29, 0.717) is 16.5 Å². The first-order chi connectivity index (χ1) is 9.90. The van der Waals surface area contributed by atoms with Crippen molar-refractivity contribution in [3.8, 4) is 11.5 Å². The van der Waals surface area contributed by atoms with Crippen LogP contribution in [0.5, 0.6) is 11.5 Å². The van der Waals surface area contributed by atoms with Gasteiger partial charge in [-0.3, -0.25) is 0 Å². The van der Waals surface area contributed by atoms with Gasteiger partial charge >= 0.3 is 0 Å². The zero-order valence-electron chi connectivity index (χ0n) is 11.0. The quantitative estimate of drug-likeness (QED) is 0.633. The van der Waals surface area contributed by atoms with E-state index in [-0.39, 0.29) is 0 Å². The van der Waals surface area contributed by atoms with Crippen LogP contribution in [0.1, 0.15) is 11.7 Å². The number of hydrogen-bond donors (Lipinski definition) is 0. The second kappa shape index (κ2) is 6.97. The summed E-state index contributed by atoms with van der Waals surface area (Å²) in [4.78, 5) is 0. The molecule has 0 saturated carbocycles. The van der Waals surface area contributed by atoms with Crippen LogP contribution < -0.4 is 9.47 Å². The van der Waals surface area contributed by atoms with Gasteiger partial charge in [-0.25, -0.2) is 0 Å².